The van der Waals surface area contributed by atoms with Crippen LogP contribution in [0.5, 0.6) is 0 Å². The molecule has 2 aromatic heterocycles. The summed E-state index contributed by atoms with van der Waals surface area (Å²) < 4.78 is 1.88. The molecule has 0 unspecified atom stereocenters. The third kappa shape index (κ3) is 1.72. The molecule has 0 aliphatic heterocycles. The van der Waals surface area contributed by atoms with Crippen LogP contribution in [0.2, 0.25) is 0 Å². The molecule has 2 heterocycles. The second kappa shape index (κ2) is 4.46. The molecule has 0 amide bonds. The van der Waals surface area contributed by atoms with Crippen molar-refractivity contribution in [3.63, 3.8) is 0 Å². The molecule has 0 aliphatic rings. The van der Waals surface area contributed by atoms with Crippen LogP contribution < -0.4 is 10.7 Å². The van der Waals surface area contributed by atoms with Crippen LogP contribution in [0.3, 0.4) is 0 Å². The van der Waals surface area contributed by atoms with Crippen molar-refractivity contribution in [3.05, 3.63) is 24.5 Å². The fourth-order valence-electron chi connectivity index (χ4n) is 1.79. The lowest BCUT2D eigenvalue weighted by Crippen LogP contribution is -2.40. The minimum absolute atomic E-state index is 0.0381. The maximum absolute atomic E-state index is 8.97. The normalized spacial score (nSPS) is 11.1. The van der Waals surface area contributed by atoms with E-state index in [1.54, 1.807) is 0 Å². The summed E-state index contributed by atoms with van der Waals surface area (Å²) in [5.41, 5.74) is 7.42. The first kappa shape index (κ1) is 10.8. The van der Waals surface area contributed by atoms with Crippen molar-refractivity contribution < 1.29 is 10.2 Å². The molecular formula is C10H16N4O2. The van der Waals surface area contributed by atoms with Gasteiger partial charge in [0.15, 0.2) is 0 Å². The maximum atomic E-state index is 8.97. The summed E-state index contributed by atoms with van der Waals surface area (Å²) in [4.78, 5) is 1.83. The zero-order valence-electron chi connectivity index (χ0n) is 8.95. The predicted octanol–water partition coefficient (Wildman–Crippen LogP) is -0.754. The highest BCUT2D eigenvalue weighted by Gasteiger charge is 2.09. The van der Waals surface area contributed by atoms with Crippen LogP contribution in [0.25, 0.3) is 5.52 Å². The molecule has 0 saturated heterocycles. The van der Waals surface area contributed by atoms with E-state index in [1.165, 1.54) is 0 Å². The second-order valence-electron chi connectivity index (χ2n) is 3.54. The number of nitrogens with two attached hydrogens (primary N) is 1. The molecule has 0 radical (unpaired) electrons. The predicted molar refractivity (Wildman–Crippen MR) is 61.9 cm³/mol. The molecule has 88 valence electrons. The van der Waals surface area contributed by atoms with Crippen molar-refractivity contribution >= 4 is 11.2 Å². The van der Waals surface area contributed by atoms with Gasteiger partial charge in [0, 0.05) is 12.4 Å². The van der Waals surface area contributed by atoms with Gasteiger partial charge in [0.1, 0.15) is 0 Å². The van der Waals surface area contributed by atoms with E-state index in [0.717, 1.165) is 5.52 Å². The SMILES string of the molecule is Nc1ccn2c1ccn2N(CCO)CCO. The van der Waals surface area contributed by atoms with E-state index >= 15 is 0 Å². The van der Waals surface area contributed by atoms with Gasteiger partial charge < -0.3 is 15.9 Å². The van der Waals surface area contributed by atoms with Crippen LogP contribution in [-0.2, 0) is 0 Å². The molecule has 0 aliphatic carbocycles. The van der Waals surface area contributed by atoms with Crippen LogP contribution in [0, 0.1) is 0 Å². The van der Waals surface area contributed by atoms with Gasteiger partial charge in [-0.1, -0.05) is 0 Å². The summed E-state index contributed by atoms with van der Waals surface area (Å²) in [6, 6.07) is 3.72. The third-order valence-electron chi connectivity index (χ3n) is 2.53. The lowest BCUT2D eigenvalue weighted by molar-refractivity contribution is 0.259. The first-order chi connectivity index (χ1) is 7.77. The zero-order chi connectivity index (χ0) is 11.5. The monoisotopic (exact) mass is 224 g/mol. The number of fused-ring (bicyclic) bond motifs is 1. The molecule has 6 nitrogen and oxygen atoms in total. The Morgan fingerprint density at radius 2 is 1.81 bits per heavy atom. The Hall–Kier alpha value is -1.66. The fourth-order valence-corrected chi connectivity index (χ4v) is 1.79. The van der Waals surface area contributed by atoms with Crippen LogP contribution >= 0.6 is 0 Å². The van der Waals surface area contributed by atoms with E-state index in [2.05, 4.69) is 0 Å². The highest BCUT2D eigenvalue weighted by Crippen LogP contribution is 2.15. The summed E-state index contributed by atoms with van der Waals surface area (Å²) in [6.45, 7) is 0.998. The Morgan fingerprint density at radius 1 is 1.12 bits per heavy atom. The van der Waals surface area contributed by atoms with E-state index in [-0.39, 0.29) is 13.2 Å². The Kier molecular flexibility index (Phi) is 3.02. The Labute approximate surface area is 93.1 Å². The number of nitrogens with zero attached hydrogens (tertiary/aromatic N) is 3. The van der Waals surface area contributed by atoms with Gasteiger partial charge in [-0.2, -0.15) is 4.79 Å². The number of hydrogen-bond donors (Lipinski definition) is 3. The lowest BCUT2D eigenvalue weighted by Gasteiger charge is -2.24. The van der Waals surface area contributed by atoms with Crippen molar-refractivity contribution in [2.45, 2.75) is 0 Å². The first-order valence-electron chi connectivity index (χ1n) is 5.19. The Bertz CT molecular complexity index is 456. The number of aromatic nitrogens is 2. The largest absolute Gasteiger partial charge is 0.397 e. The molecule has 4 N–H and O–H groups in total. The average Bonchev–Trinajstić information content (AvgIpc) is 2.82. The average molecular weight is 224 g/mol. The number of aliphatic hydroxyl groups is 2. The molecule has 2 rings (SSSR count). The Balaban J connectivity index is 2.35. The second-order valence-corrected chi connectivity index (χ2v) is 3.54. The van der Waals surface area contributed by atoms with Gasteiger partial charge in [-0.05, 0) is 12.1 Å². The molecular weight excluding hydrogens is 208 g/mol. The van der Waals surface area contributed by atoms with Gasteiger partial charge in [0.2, 0.25) is 0 Å². The summed E-state index contributed by atoms with van der Waals surface area (Å²) >= 11 is 0. The van der Waals surface area contributed by atoms with Crippen molar-refractivity contribution in [1.82, 2.24) is 9.31 Å². The van der Waals surface area contributed by atoms with Crippen LogP contribution in [0.15, 0.2) is 24.5 Å². The fraction of sp³-hybridized carbons (Fsp3) is 0.400. The third-order valence-corrected chi connectivity index (χ3v) is 2.53. The lowest BCUT2D eigenvalue weighted by atomic mass is 10.4. The van der Waals surface area contributed by atoms with Crippen LogP contribution in [0.1, 0.15) is 0 Å². The molecule has 0 spiro atoms. The smallest absolute Gasteiger partial charge is 0.0890 e. The summed E-state index contributed by atoms with van der Waals surface area (Å²) in [5, 5.41) is 19.8. The van der Waals surface area contributed by atoms with Crippen molar-refractivity contribution in [2.24, 2.45) is 0 Å². The van der Waals surface area contributed by atoms with Crippen molar-refractivity contribution in [1.29, 1.82) is 0 Å². The van der Waals surface area contributed by atoms with Crippen molar-refractivity contribution in [2.75, 3.05) is 37.0 Å². The van der Waals surface area contributed by atoms with Crippen LogP contribution in [-0.4, -0.2) is 45.8 Å². The zero-order valence-corrected chi connectivity index (χ0v) is 8.95. The van der Waals surface area contributed by atoms with Gasteiger partial charge in [0.05, 0.1) is 37.5 Å². The number of anilines is 1. The molecule has 0 bridgehead atoms. The quantitative estimate of drug-likeness (QED) is 0.624. The van der Waals surface area contributed by atoms with Gasteiger partial charge in [0.25, 0.3) is 0 Å². The topological polar surface area (TPSA) is 79.1 Å². The summed E-state index contributed by atoms with van der Waals surface area (Å²) in [7, 11) is 0. The van der Waals surface area contributed by atoms with E-state index < -0.39 is 0 Å². The van der Waals surface area contributed by atoms with E-state index in [9.17, 15) is 0 Å². The number of aliphatic hydroxyl groups excluding tert-OH is 2. The molecule has 6 heteroatoms. The standard InChI is InChI=1S/C10H16N4O2/c11-9-1-3-13-10(9)2-4-14(13)12(5-7-15)6-8-16/h1-4,15-16H,5-8,11H2. The molecule has 2 aromatic rings. The van der Waals surface area contributed by atoms with E-state index in [0.29, 0.717) is 18.8 Å². The van der Waals surface area contributed by atoms with Gasteiger partial charge in [-0.3, -0.25) is 5.01 Å². The maximum Gasteiger partial charge on any atom is 0.0890 e. The van der Waals surface area contributed by atoms with E-state index in [4.69, 9.17) is 15.9 Å². The summed E-state index contributed by atoms with van der Waals surface area (Å²) in [6.07, 6.45) is 3.71. The minimum Gasteiger partial charge on any atom is -0.397 e. The van der Waals surface area contributed by atoms with Gasteiger partial charge in [-0.25, -0.2) is 4.52 Å². The van der Waals surface area contributed by atoms with Crippen LogP contribution in [0.4, 0.5) is 5.69 Å². The summed E-state index contributed by atoms with van der Waals surface area (Å²) in [5.74, 6) is 0. The van der Waals surface area contributed by atoms with Crippen molar-refractivity contribution in [3.8, 4) is 0 Å². The highest BCUT2D eigenvalue weighted by molar-refractivity contribution is 5.69. The molecule has 0 fully saturated rings. The number of rotatable bonds is 5. The first-order valence-corrected chi connectivity index (χ1v) is 5.19. The number of hydrogen-bond acceptors (Lipinski definition) is 4. The molecule has 0 atom stereocenters. The molecule has 0 aromatic carbocycles. The van der Waals surface area contributed by atoms with E-state index in [1.807, 2.05) is 38.8 Å². The highest BCUT2D eigenvalue weighted by atomic mass is 16.3. The molecule has 16 heavy (non-hydrogen) atoms. The van der Waals surface area contributed by atoms with Gasteiger partial charge in [-0.15, -0.1) is 0 Å². The molecule has 0 saturated carbocycles. The Morgan fingerprint density at radius 3 is 2.44 bits per heavy atom. The van der Waals surface area contributed by atoms with Gasteiger partial charge >= 0.3 is 0 Å². The number of nitrogen functional groups attached to an aromatic ring is 1. The minimum atomic E-state index is 0.0381.